The van der Waals surface area contributed by atoms with Gasteiger partial charge in [-0.05, 0) is 30.9 Å². The van der Waals surface area contributed by atoms with Crippen molar-refractivity contribution in [3.63, 3.8) is 0 Å². The van der Waals surface area contributed by atoms with Gasteiger partial charge in [-0.3, -0.25) is 4.79 Å². The van der Waals surface area contributed by atoms with Crippen molar-refractivity contribution in [3.05, 3.63) is 23.9 Å². The Morgan fingerprint density at radius 1 is 1.50 bits per heavy atom. The number of hydrogen-bond acceptors (Lipinski definition) is 4. The van der Waals surface area contributed by atoms with Crippen LogP contribution in [0.1, 0.15) is 44.6 Å². The zero-order valence-electron chi connectivity index (χ0n) is 11.8. The van der Waals surface area contributed by atoms with Gasteiger partial charge in [-0.1, -0.05) is 19.8 Å². The molecule has 0 aliphatic rings. The summed E-state index contributed by atoms with van der Waals surface area (Å²) in [5, 5.41) is 20.9. The van der Waals surface area contributed by atoms with Gasteiger partial charge in [0.1, 0.15) is 11.9 Å². The molecule has 5 heteroatoms. The summed E-state index contributed by atoms with van der Waals surface area (Å²) in [5.41, 5.74) is 0.532. The zero-order chi connectivity index (χ0) is 14.8. The van der Waals surface area contributed by atoms with Crippen LogP contribution in [0.5, 0.6) is 0 Å². The van der Waals surface area contributed by atoms with Crippen molar-refractivity contribution in [2.45, 2.75) is 39.0 Å². The minimum absolute atomic E-state index is 0.220. The van der Waals surface area contributed by atoms with Crippen molar-refractivity contribution >= 4 is 11.8 Å². The third-order valence-electron chi connectivity index (χ3n) is 3.24. The molecule has 1 aromatic heterocycles. The predicted octanol–water partition coefficient (Wildman–Crippen LogP) is 3.04. The van der Waals surface area contributed by atoms with Crippen LogP contribution in [0.2, 0.25) is 0 Å². The molecule has 1 heterocycles. The summed E-state index contributed by atoms with van der Waals surface area (Å²) in [5.74, 6) is 0.261. The maximum Gasteiger partial charge on any atom is 0.303 e. The second-order valence-electron chi connectivity index (χ2n) is 4.81. The SMILES string of the molecule is CCCC(CCNc1ncccc1C#N)CCC(=O)O. The van der Waals surface area contributed by atoms with Gasteiger partial charge in [-0.2, -0.15) is 5.26 Å². The first-order valence-electron chi connectivity index (χ1n) is 6.98. The molecule has 1 unspecified atom stereocenters. The van der Waals surface area contributed by atoms with E-state index >= 15 is 0 Å². The first-order valence-corrected chi connectivity index (χ1v) is 6.98. The Hall–Kier alpha value is -2.09. The number of nitrogens with one attached hydrogen (secondary N) is 1. The predicted molar refractivity (Wildman–Crippen MR) is 77.3 cm³/mol. The largest absolute Gasteiger partial charge is 0.481 e. The van der Waals surface area contributed by atoms with Gasteiger partial charge in [-0.25, -0.2) is 4.98 Å². The number of hydrogen-bond donors (Lipinski definition) is 2. The van der Waals surface area contributed by atoms with E-state index in [9.17, 15) is 4.79 Å². The van der Waals surface area contributed by atoms with E-state index in [1.54, 1.807) is 18.3 Å². The normalized spacial score (nSPS) is 11.6. The third-order valence-corrected chi connectivity index (χ3v) is 3.24. The Morgan fingerprint density at radius 3 is 2.95 bits per heavy atom. The summed E-state index contributed by atoms with van der Waals surface area (Å²) < 4.78 is 0. The van der Waals surface area contributed by atoms with Crippen LogP contribution in [-0.4, -0.2) is 22.6 Å². The summed E-state index contributed by atoms with van der Waals surface area (Å²) in [7, 11) is 0. The van der Waals surface area contributed by atoms with Crippen LogP contribution in [0.25, 0.3) is 0 Å². The van der Waals surface area contributed by atoms with E-state index in [-0.39, 0.29) is 6.42 Å². The Bertz CT molecular complexity index is 468. The van der Waals surface area contributed by atoms with Crippen molar-refractivity contribution in [1.82, 2.24) is 4.98 Å². The first-order chi connectivity index (χ1) is 9.67. The quantitative estimate of drug-likeness (QED) is 0.723. The summed E-state index contributed by atoms with van der Waals surface area (Å²) >= 11 is 0. The standard InChI is InChI=1S/C15H21N3O2/c1-2-4-12(6-7-14(19)20)8-10-18-15-13(11-16)5-3-9-17-15/h3,5,9,12H,2,4,6-8,10H2,1H3,(H,17,18)(H,19,20). The highest BCUT2D eigenvalue weighted by atomic mass is 16.4. The third kappa shape index (κ3) is 5.70. The number of aromatic nitrogens is 1. The van der Waals surface area contributed by atoms with Gasteiger partial charge in [-0.15, -0.1) is 0 Å². The number of carboxylic acids is 1. The van der Waals surface area contributed by atoms with Crippen LogP contribution in [0, 0.1) is 17.2 Å². The number of nitrogens with zero attached hydrogens (tertiary/aromatic N) is 2. The highest BCUT2D eigenvalue weighted by molar-refractivity contribution is 5.66. The summed E-state index contributed by atoms with van der Waals surface area (Å²) in [4.78, 5) is 14.8. The lowest BCUT2D eigenvalue weighted by Crippen LogP contribution is -2.12. The second-order valence-corrected chi connectivity index (χ2v) is 4.81. The Labute approximate surface area is 119 Å². The van der Waals surface area contributed by atoms with E-state index in [2.05, 4.69) is 23.3 Å². The molecule has 0 saturated carbocycles. The van der Waals surface area contributed by atoms with E-state index in [0.717, 1.165) is 19.3 Å². The number of aliphatic carboxylic acids is 1. The molecule has 0 aliphatic carbocycles. The maximum atomic E-state index is 10.6. The monoisotopic (exact) mass is 275 g/mol. The fourth-order valence-electron chi connectivity index (χ4n) is 2.20. The van der Waals surface area contributed by atoms with Crippen LogP contribution in [0.3, 0.4) is 0 Å². The highest BCUT2D eigenvalue weighted by Gasteiger charge is 2.10. The molecule has 20 heavy (non-hydrogen) atoms. The number of pyridine rings is 1. The topological polar surface area (TPSA) is 86.0 Å². The smallest absolute Gasteiger partial charge is 0.303 e. The van der Waals surface area contributed by atoms with Gasteiger partial charge < -0.3 is 10.4 Å². The molecule has 1 aromatic rings. The molecule has 1 rings (SSSR count). The molecule has 108 valence electrons. The number of rotatable bonds is 9. The minimum atomic E-state index is -0.740. The average Bonchev–Trinajstić information content (AvgIpc) is 2.45. The van der Waals surface area contributed by atoms with Crippen molar-refractivity contribution in [2.24, 2.45) is 5.92 Å². The number of carbonyl (C=O) groups is 1. The molecule has 5 nitrogen and oxygen atoms in total. The fourth-order valence-corrected chi connectivity index (χ4v) is 2.20. The molecule has 0 radical (unpaired) electrons. The van der Waals surface area contributed by atoms with Gasteiger partial charge in [0.15, 0.2) is 0 Å². The molecular formula is C15H21N3O2. The Balaban J connectivity index is 2.43. The molecule has 1 atom stereocenters. The lowest BCUT2D eigenvalue weighted by atomic mass is 9.94. The van der Waals surface area contributed by atoms with Gasteiger partial charge in [0.05, 0.1) is 5.56 Å². The van der Waals surface area contributed by atoms with Crippen LogP contribution >= 0.6 is 0 Å². The molecule has 0 spiro atoms. The van der Waals surface area contributed by atoms with Crippen molar-refractivity contribution < 1.29 is 9.90 Å². The van der Waals surface area contributed by atoms with E-state index in [1.807, 2.05) is 0 Å². The Morgan fingerprint density at radius 2 is 2.30 bits per heavy atom. The van der Waals surface area contributed by atoms with Crippen LogP contribution in [-0.2, 0) is 4.79 Å². The molecule has 0 amide bonds. The molecule has 0 aromatic carbocycles. The van der Waals surface area contributed by atoms with Gasteiger partial charge in [0, 0.05) is 19.2 Å². The van der Waals surface area contributed by atoms with Crippen LogP contribution in [0.4, 0.5) is 5.82 Å². The lowest BCUT2D eigenvalue weighted by molar-refractivity contribution is -0.137. The first kappa shape index (κ1) is 16.0. The van der Waals surface area contributed by atoms with E-state index < -0.39 is 5.97 Å². The number of carboxylic acid groups (broad SMARTS) is 1. The van der Waals surface area contributed by atoms with Crippen molar-refractivity contribution in [1.29, 1.82) is 5.26 Å². The van der Waals surface area contributed by atoms with Crippen LogP contribution in [0.15, 0.2) is 18.3 Å². The summed E-state index contributed by atoms with van der Waals surface area (Å²) in [6.45, 7) is 2.81. The van der Waals surface area contributed by atoms with Crippen molar-refractivity contribution in [2.75, 3.05) is 11.9 Å². The molecule has 0 saturated heterocycles. The molecule has 2 N–H and O–H groups in total. The van der Waals surface area contributed by atoms with E-state index in [4.69, 9.17) is 10.4 Å². The average molecular weight is 275 g/mol. The van der Waals surface area contributed by atoms with Gasteiger partial charge in [0.25, 0.3) is 0 Å². The number of nitriles is 1. The molecule has 0 fully saturated rings. The summed E-state index contributed by atoms with van der Waals surface area (Å²) in [6, 6.07) is 5.55. The molecule has 0 aliphatic heterocycles. The summed E-state index contributed by atoms with van der Waals surface area (Å²) in [6.07, 6.45) is 5.55. The van der Waals surface area contributed by atoms with Crippen molar-refractivity contribution in [3.8, 4) is 6.07 Å². The maximum absolute atomic E-state index is 10.6. The fraction of sp³-hybridized carbons (Fsp3) is 0.533. The van der Waals surface area contributed by atoms with E-state index in [1.165, 1.54) is 0 Å². The number of anilines is 1. The van der Waals surface area contributed by atoms with E-state index in [0.29, 0.717) is 30.3 Å². The van der Waals surface area contributed by atoms with Gasteiger partial charge in [0.2, 0.25) is 0 Å². The van der Waals surface area contributed by atoms with Crippen LogP contribution < -0.4 is 5.32 Å². The molecular weight excluding hydrogens is 254 g/mol. The molecule has 0 bridgehead atoms. The lowest BCUT2D eigenvalue weighted by Gasteiger charge is -2.15. The highest BCUT2D eigenvalue weighted by Crippen LogP contribution is 2.18. The minimum Gasteiger partial charge on any atom is -0.481 e. The second kappa shape index (κ2) is 8.92. The zero-order valence-corrected chi connectivity index (χ0v) is 11.8. The Kier molecular flexibility index (Phi) is 7.12. The van der Waals surface area contributed by atoms with Gasteiger partial charge >= 0.3 is 5.97 Å².